The van der Waals surface area contributed by atoms with E-state index in [4.69, 9.17) is 0 Å². The molecule has 1 aromatic heterocycles. The van der Waals surface area contributed by atoms with Gasteiger partial charge in [0, 0.05) is 20.0 Å². The van der Waals surface area contributed by atoms with Crippen molar-refractivity contribution in [1.29, 1.82) is 0 Å². The first kappa shape index (κ1) is 13.7. The summed E-state index contributed by atoms with van der Waals surface area (Å²) in [6, 6.07) is 6.90. The summed E-state index contributed by atoms with van der Waals surface area (Å²) < 4.78 is 28.6. The van der Waals surface area contributed by atoms with Gasteiger partial charge in [0.05, 0.1) is 4.90 Å². The molecule has 0 bridgehead atoms. The zero-order valence-electron chi connectivity index (χ0n) is 10.9. The van der Waals surface area contributed by atoms with Crippen molar-refractivity contribution in [2.45, 2.75) is 18.2 Å². The van der Waals surface area contributed by atoms with E-state index in [1.54, 1.807) is 36.0 Å². The van der Waals surface area contributed by atoms with Crippen molar-refractivity contribution in [3.8, 4) is 0 Å². The third-order valence-electron chi connectivity index (χ3n) is 2.83. The SMILES string of the molecule is Cc1ccccc1S(=O)(=O)NCCc1nncn1C. The number of sulfonamides is 1. The Morgan fingerprint density at radius 3 is 2.68 bits per heavy atom. The second-order valence-electron chi connectivity index (χ2n) is 4.27. The molecule has 6 nitrogen and oxygen atoms in total. The molecule has 0 atom stereocenters. The summed E-state index contributed by atoms with van der Waals surface area (Å²) in [5, 5.41) is 7.65. The van der Waals surface area contributed by atoms with Crippen LogP contribution in [0.25, 0.3) is 0 Å². The van der Waals surface area contributed by atoms with Gasteiger partial charge in [0.2, 0.25) is 10.0 Å². The molecule has 0 aliphatic carbocycles. The van der Waals surface area contributed by atoms with Gasteiger partial charge in [0.15, 0.2) is 0 Å². The van der Waals surface area contributed by atoms with Gasteiger partial charge in [-0.3, -0.25) is 0 Å². The lowest BCUT2D eigenvalue weighted by Crippen LogP contribution is -2.27. The Morgan fingerprint density at radius 2 is 2.05 bits per heavy atom. The van der Waals surface area contributed by atoms with Gasteiger partial charge in [0.25, 0.3) is 0 Å². The van der Waals surface area contributed by atoms with Crippen molar-refractivity contribution in [3.05, 3.63) is 42.0 Å². The molecule has 0 saturated heterocycles. The van der Waals surface area contributed by atoms with Crippen LogP contribution in [0.1, 0.15) is 11.4 Å². The van der Waals surface area contributed by atoms with Crippen LogP contribution in [0.2, 0.25) is 0 Å². The average Bonchev–Trinajstić information content (AvgIpc) is 2.75. The maximum absolute atomic E-state index is 12.1. The van der Waals surface area contributed by atoms with E-state index in [-0.39, 0.29) is 0 Å². The lowest BCUT2D eigenvalue weighted by Gasteiger charge is -2.08. The Hall–Kier alpha value is -1.73. The molecule has 0 amide bonds. The quantitative estimate of drug-likeness (QED) is 0.872. The zero-order valence-corrected chi connectivity index (χ0v) is 11.7. The van der Waals surface area contributed by atoms with E-state index < -0.39 is 10.0 Å². The second kappa shape index (κ2) is 5.50. The smallest absolute Gasteiger partial charge is 0.240 e. The molecule has 0 fully saturated rings. The number of aromatic nitrogens is 3. The predicted molar refractivity (Wildman–Crippen MR) is 71.1 cm³/mol. The molecule has 0 radical (unpaired) electrons. The van der Waals surface area contributed by atoms with Crippen molar-refractivity contribution in [2.24, 2.45) is 7.05 Å². The number of nitrogens with zero attached hydrogens (tertiary/aromatic N) is 3. The fourth-order valence-electron chi connectivity index (χ4n) is 1.77. The Balaban J connectivity index is 2.03. The van der Waals surface area contributed by atoms with Crippen LogP contribution < -0.4 is 4.72 Å². The van der Waals surface area contributed by atoms with E-state index >= 15 is 0 Å². The van der Waals surface area contributed by atoms with Gasteiger partial charge >= 0.3 is 0 Å². The Bertz CT molecular complexity index is 664. The number of aryl methyl sites for hydroxylation is 2. The molecule has 0 spiro atoms. The van der Waals surface area contributed by atoms with Gasteiger partial charge in [-0.2, -0.15) is 0 Å². The number of nitrogens with one attached hydrogen (secondary N) is 1. The first-order valence-electron chi connectivity index (χ1n) is 5.89. The van der Waals surface area contributed by atoms with Gasteiger partial charge in [-0.25, -0.2) is 13.1 Å². The molecule has 19 heavy (non-hydrogen) atoms. The minimum atomic E-state index is -3.46. The van der Waals surface area contributed by atoms with Crippen LogP contribution in [0.5, 0.6) is 0 Å². The van der Waals surface area contributed by atoms with E-state index in [2.05, 4.69) is 14.9 Å². The van der Waals surface area contributed by atoms with Crippen LogP contribution >= 0.6 is 0 Å². The summed E-state index contributed by atoms with van der Waals surface area (Å²) in [4.78, 5) is 0.313. The monoisotopic (exact) mass is 280 g/mol. The lowest BCUT2D eigenvalue weighted by molar-refractivity contribution is 0.579. The number of hydrogen-bond donors (Lipinski definition) is 1. The van der Waals surface area contributed by atoms with Crippen LogP contribution in [-0.2, 0) is 23.5 Å². The molecule has 0 aliphatic rings. The number of benzene rings is 1. The van der Waals surface area contributed by atoms with Crippen LogP contribution in [0.3, 0.4) is 0 Å². The Kier molecular flexibility index (Phi) is 3.96. The highest BCUT2D eigenvalue weighted by atomic mass is 32.2. The van der Waals surface area contributed by atoms with E-state index in [1.807, 2.05) is 13.1 Å². The van der Waals surface area contributed by atoms with Gasteiger partial charge in [-0.05, 0) is 18.6 Å². The topological polar surface area (TPSA) is 76.9 Å². The van der Waals surface area contributed by atoms with Crippen LogP contribution in [-0.4, -0.2) is 29.7 Å². The van der Waals surface area contributed by atoms with Crippen molar-refractivity contribution < 1.29 is 8.42 Å². The molecular weight excluding hydrogens is 264 g/mol. The minimum Gasteiger partial charge on any atom is -0.321 e. The van der Waals surface area contributed by atoms with Gasteiger partial charge in [-0.1, -0.05) is 18.2 Å². The van der Waals surface area contributed by atoms with Crippen LogP contribution in [0, 0.1) is 6.92 Å². The van der Waals surface area contributed by atoms with Crippen molar-refractivity contribution in [3.63, 3.8) is 0 Å². The summed E-state index contributed by atoms with van der Waals surface area (Å²) in [5.74, 6) is 0.743. The molecular formula is C12H16N4O2S. The van der Waals surface area contributed by atoms with Crippen molar-refractivity contribution in [1.82, 2.24) is 19.5 Å². The van der Waals surface area contributed by atoms with Gasteiger partial charge < -0.3 is 4.57 Å². The molecule has 1 N–H and O–H groups in total. The highest BCUT2D eigenvalue weighted by molar-refractivity contribution is 7.89. The maximum atomic E-state index is 12.1. The summed E-state index contributed by atoms with van der Waals surface area (Å²) in [7, 11) is -1.64. The van der Waals surface area contributed by atoms with Crippen molar-refractivity contribution in [2.75, 3.05) is 6.54 Å². The van der Waals surface area contributed by atoms with Gasteiger partial charge in [0.1, 0.15) is 12.2 Å². The predicted octanol–water partition coefficient (Wildman–Crippen LogP) is 0.645. The summed E-state index contributed by atoms with van der Waals surface area (Å²) in [5.41, 5.74) is 0.730. The summed E-state index contributed by atoms with van der Waals surface area (Å²) in [6.45, 7) is 2.07. The Morgan fingerprint density at radius 1 is 1.32 bits per heavy atom. The lowest BCUT2D eigenvalue weighted by atomic mass is 10.2. The third-order valence-corrected chi connectivity index (χ3v) is 4.45. The van der Waals surface area contributed by atoms with E-state index in [1.165, 1.54) is 0 Å². The molecule has 7 heteroatoms. The maximum Gasteiger partial charge on any atom is 0.240 e. The first-order chi connectivity index (χ1) is 9.00. The van der Waals surface area contributed by atoms with Gasteiger partial charge in [-0.15, -0.1) is 10.2 Å². The molecule has 0 saturated carbocycles. The number of hydrogen-bond acceptors (Lipinski definition) is 4. The molecule has 102 valence electrons. The highest BCUT2D eigenvalue weighted by Gasteiger charge is 2.15. The standard InChI is InChI=1S/C12H16N4O2S/c1-10-5-3-4-6-11(10)19(17,18)14-8-7-12-15-13-9-16(12)2/h3-6,9,14H,7-8H2,1-2H3. The van der Waals surface area contributed by atoms with E-state index in [0.717, 1.165) is 11.4 Å². The largest absolute Gasteiger partial charge is 0.321 e. The average molecular weight is 280 g/mol. The Labute approximate surface area is 112 Å². The van der Waals surface area contributed by atoms with E-state index in [0.29, 0.717) is 17.9 Å². The molecule has 0 aliphatic heterocycles. The molecule has 1 aromatic carbocycles. The zero-order chi connectivity index (χ0) is 13.9. The first-order valence-corrected chi connectivity index (χ1v) is 7.37. The van der Waals surface area contributed by atoms with Crippen molar-refractivity contribution >= 4 is 10.0 Å². The highest BCUT2D eigenvalue weighted by Crippen LogP contribution is 2.13. The normalized spacial score (nSPS) is 11.7. The molecule has 2 aromatic rings. The van der Waals surface area contributed by atoms with Crippen LogP contribution in [0.4, 0.5) is 0 Å². The third kappa shape index (κ3) is 3.18. The second-order valence-corrected chi connectivity index (χ2v) is 6.01. The van der Waals surface area contributed by atoms with Crippen LogP contribution in [0.15, 0.2) is 35.5 Å². The molecule has 1 heterocycles. The molecule has 2 rings (SSSR count). The molecule has 0 unspecified atom stereocenters. The fraction of sp³-hybridized carbons (Fsp3) is 0.333. The summed E-state index contributed by atoms with van der Waals surface area (Å²) >= 11 is 0. The minimum absolute atomic E-state index is 0.295. The fourth-order valence-corrected chi connectivity index (χ4v) is 3.04. The summed E-state index contributed by atoms with van der Waals surface area (Å²) in [6.07, 6.45) is 2.09. The number of rotatable bonds is 5. The van der Waals surface area contributed by atoms with E-state index in [9.17, 15) is 8.42 Å².